The maximum atomic E-state index is 4.67. The van der Waals surface area contributed by atoms with Crippen LogP contribution in [0.1, 0.15) is 5.69 Å². The van der Waals surface area contributed by atoms with Crippen molar-refractivity contribution in [3.63, 3.8) is 0 Å². The molecule has 0 aliphatic carbocycles. The number of aromatic amines is 1. The van der Waals surface area contributed by atoms with Crippen molar-refractivity contribution in [1.29, 1.82) is 0 Å². The number of benzene rings is 1. The van der Waals surface area contributed by atoms with Gasteiger partial charge in [0.2, 0.25) is 0 Å². The summed E-state index contributed by atoms with van der Waals surface area (Å²) in [4.78, 5) is 11.6. The first-order valence-electron chi connectivity index (χ1n) is 9.97. The lowest BCUT2D eigenvalue weighted by Crippen LogP contribution is -2.47. The molecule has 0 atom stereocenters. The van der Waals surface area contributed by atoms with E-state index in [1.165, 1.54) is 0 Å². The lowest BCUT2D eigenvalue weighted by atomic mass is 10.0. The average Bonchev–Trinajstić information content (AvgIpc) is 3.19. The minimum Gasteiger partial charge on any atom is -0.373 e. The minimum atomic E-state index is 0.720. The summed E-state index contributed by atoms with van der Waals surface area (Å²) in [5.74, 6) is 0.720. The summed E-state index contributed by atoms with van der Waals surface area (Å²) in [6, 6.07) is 14.6. The van der Waals surface area contributed by atoms with Gasteiger partial charge in [-0.25, -0.2) is 0 Å². The van der Waals surface area contributed by atoms with Gasteiger partial charge >= 0.3 is 0 Å². The number of aryl methyl sites for hydroxylation is 1. The van der Waals surface area contributed by atoms with E-state index in [9.17, 15) is 0 Å². The van der Waals surface area contributed by atoms with Crippen molar-refractivity contribution in [2.75, 3.05) is 31.6 Å². The molecule has 1 aliphatic rings. The Labute approximate surface area is 170 Å². The molecule has 4 aromatic rings. The predicted octanol–water partition coefficient (Wildman–Crippen LogP) is 3.65. The highest BCUT2D eigenvalue weighted by molar-refractivity contribution is 5.89. The van der Waals surface area contributed by atoms with Crippen LogP contribution in [0.3, 0.4) is 0 Å². The van der Waals surface area contributed by atoms with Crippen LogP contribution in [-0.2, 0) is 0 Å². The number of hydrogen-bond acceptors (Lipinski definition) is 5. The van der Waals surface area contributed by atoms with E-state index in [1.54, 1.807) is 0 Å². The van der Waals surface area contributed by atoms with Crippen LogP contribution in [0.5, 0.6) is 0 Å². The highest BCUT2D eigenvalue weighted by atomic mass is 15.1. The van der Waals surface area contributed by atoms with E-state index in [-0.39, 0.29) is 0 Å². The number of pyridine rings is 2. The monoisotopic (exact) mass is 384 g/mol. The van der Waals surface area contributed by atoms with Crippen LogP contribution in [-0.4, -0.2) is 46.8 Å². The molecule has 29 heavy (non-hydrogen) atoms. The second-order valence-electron chi connectivity index (χ2n) is 7.82. The van der Waals surface area contributed by atoms with Gasteiger partial charge in [-0.1, -0.05) is 12.1 Å². The Kier molecular flexibility index (Phi) is 4.48. The third kappa shape index (κ3) is 3.47. The summed E-state index contributed by atoms with van der Waals surface area (Å²) in [7, 11) is 2.14. The van der Waals surface area contributed by atoms with E-state index in [4.69, 9.17) is 0 Å². The van der Waals surface area contributed by atoms with E-state index in [1.807, 2.05) is 37.5 Å². The van der Waals surface area contributed by atoms with Crippen molar-refractivity contribution in [2.45, 2.75) is 6.92 Å². The number of nitrogens with one attached hydrogen (secondary N) is 2. The first-order valence-corrected chi connectivity index (χ1v) is 9.97. The molecule has 2 N–H and O–H groups in total. The largest absolute Gasteiger partial charge is 0.373 e. The van der Waals surface area contributed by atoms with E-state index in [0.29, 0.717) is 0 Å². The van der Waals surface area contributed by atoms with Crippen LogP contribution in [0.4, 0.5) is 5.69 Å². The Morgan fingerprint density at radius 2 is 2.03 bits per heavy atom. The molecule has 0 unspecified atom stereocenters. The smallest absolute Gasteiger partial charge is 0.118 e. The SMILES string of the molecule is Cc1cccc(-c2n[nH]cc2-c2ccc3ncc(N(C)CC4CNC4)cc3c2)n1. The van der Waals surface area contributed by atoms with Gasteiger partial charge in [0.25, 0.3) is 0 Å². The van der Waals surface area contributed by atoms with Crippen LogP contribution in [0.2, 0.25) is 0 Å². The van der Waals surface area contributed by atoms with Gasteiger partial charge in [0, 0.05) is 55.4 Å². The van der Waals surface area contributed by atoms with Crippen LogP contribution in [0.25, 0.3) is 33.4 Å². The zero-order chi connectivity index (χ0) is 19.8. The second kappa shape index (κ2) is 7.29. The zero-order valence-electron chi connectivity index (χ0n) is 16.7. The second-order valence-corrected chi connectivity index (χ2v) is 7.82. The summed E-state index contributed by atoms with van der Waals surface area (Å²) in [5.41, 5.74) is 7.02. The molecule has 1 aromatic carbocycles. The number of anilines is 1. The molecule has 146 valence electrons. The van der Waals surface area contributed by atoms with Crippen molar-refractivity contribution in [2.24, 2.45) is 5.92 Å². The van der Waals surface area contributed by atoms with Crippen LogP contribution >= 0.6 is 0 Å². The Hall–Kier alpha value is -3.25. The molecule has 0 bridgehead atoms. The van der Waals surface area contributed by atoms with Gasteiger partial charge < -0.3 is 10.2 Å². The zero-order valence-corrected chi connectivity index (χ0v) is 16.7. The molecule has 1 aliphatic heterocycles. The summed E-state index contributed by atoms with van der Waals surface area (Å²) in [5, 5.41) is 11.9. The molecule has 6 heteroatoms. The molecule has 3 aromatic heterocycles. The number of aromatic nitrogens is 4. The normalized spacial score (nSPS) is 14.1. The minimum absolute atomic E-state index is 0.720. The van der Waals surface area contributed by atoms with Gasteiger partial charge in [-0.05, 0) is 42.8 Å². The molecule has 4 heterocycles. The summed E-state index contributed by atoms with van der Waals surface area (Å²) >= 11 is 0. The molecular weight excluding hydrogens is 360 g/mol. The average molecular weight is 384 g/mol. The Bertz CT molecular complexity index is 1160. The first kappa shape index (κ1) is 17.8. The number of nitrogens with zero attached hydrogens (tertiary/aromatic N) is 4. The van der Waals surface area contributed by atoms with E-state index in [2.05, 4.69) is 61.7 Å². The van der Waals surface area contributed by atoms with Gasteiger partial charge in [0.05, 0.1) is 23.1 Å². The lowest BCUT2D eigenvalue weighted by Gasteiger charge is -2.32. The summed E-state index contributed by atoms with van der Waals surface area (Å²) in [6.45, 7) is 5.25. The topological polar surface area (TPSA) is 69.7 Å². The Morgan fingerprint density at radius 3 is 2.83 bits per heavy atom. The maximum absolute atomic E-state index is 4.67. The molecule has 0 radical (unpaired) electrons. The standard InChI is InChI=1S/C23H24N6/c1-15-4-3-5-22(27-15)23-20(13-26-28-23)17-6-7-21-18(8-17)9-19(12-25-21)29(2)14-16-10-24-11-16/h3-9,12-13,16,24H,10-11,14H2,1-2H3,(H,26,28). The van der Waals surface area contributed by atoms with Gasteiger partial charge in [0.1, 0.15) is 5.69 Å². The van der Waals surface area contributed by atoms with E-state index < -0.39 is 0 Å². The predicted molar refractivity (Wildman–Crippen MR) is 117 cm³/mol. The number of rotatable bonds is 5. The number of H-pyrrole nitrogens is 1. The number of hydrogen-bond donors (Lipinski definition) is 2. The van der Waals surface area contributed by atoms with Crippen molar-refractivity contribution in [3.8, 4) is 22.5 Å². The molecule has 0 amide bonds. The van der Waals surface area contributed by atoms with Crippen molar-refractivity contribution in [3.05, 3.63) is 60.6 Å². The molecule has 1 fully saturated rings. The fourth-order valence-electron chi connectivity index (χ4n) is 3.85. The Balaban J connectivity index is 1.51. The van der Waals surface area contributed by atoms with E-state index >= 15 is 0 Å². The van der Waals surface area contributed by atoms with Crippen LogP contribution in [0, 0.1) is 12.8 Å². The summed E-state index contributed by atoms with van der Waals surface area (Å²) < 4.78 is 0. The van der Waals surface area contributed by atoms with Crippen molar-refractivity contribution < 1.29 is 0 Å². The fourth-order valence-corrected chi connectivity index (χ4v) is 3.85. The molecule has 0 spiro atoms. The van der Waals surface area contributed by atoms with Crippen molar-refractivity contribution in [1.82, 2.24) is 25.5 Å². The van der Waals surface area contributed by atoms with E-state index in [0.717, 1.165) is 70.4 Å². The van der Waals surface area contributed by atoms with Gasteiger partial charge in [-0.3, -0.25) is 15.1 Å². The number of fused-ring (bicyclic) bond motifs is 1. The molecule has 6 nitrogen and oxygen atoms in total. The highest BCUT2D eigenvalue weighted by Gasteiger charge is 2.19. The van der Waals surface area contributed by atoms with Crippen LogP contribution < -0.4 is 10.2 Å². The molecule has 5 rings (SSSR count). The third-order valence-corrected chi connectivity index (χ3v) is 5.59. The quantitative estimate of drug-likeness (QED) is 0.550. The van der Waals surface area contributed by atoms with Gasteiger partial charge in [-0.2, -0.15) is 5.10 Å². The Morgan fingerprint density at radius 1 is 1.14 bits per heavy atom. The highest BCUT2D eigenvalue weighted by Crippen LogP contribution is 2.31. The molecule has 0 saturated carbocycles. The van der Waals surface area contributed by atoms with Crippen LogP contribution in [0.15, 0.2) is 54.9 Å². The fraction of sp³-hybridized carbons (Fsp3) is 0.261. The molecule has 1 saturated heterocycles. The van der Waals surface area contributed by atoms with Gasteiger partial charge in [0.15, 0.2) is 0 Å². The summed E-state index contributed by atoms with van der Waals surface area (Å²) in [6.07, 6.45) is 3.90. The van der Waals surface area contributed by atoms with Gasteiger partial charge in [-0.15, -0.1) is 0 Å². The van der Waals surface area contributed by atoms with Crippen molar-refractivity contribution >= 4 is 16.6 Å². The lowest BCUT2D eigenvalue weighted by molar-refractivity contribution is 0.353. The maximum Gasteiger partial charge on any atom is 0.118 e. The molecular formula is C23H24N6. The first-order chi connectivity index (χ1) is 14.2. The third-order valence-electron chi connectivity index (χ3n) is 5.59.